The summed E-state index contributed by atoms with van der Waals surface area (Å²) >= 11 is 5.61. The molecule has 0 saturated carbocycles. The van der Waals surface area contributed by atoms with Crippen LogP contribution in [0.2, 0.25) is 0 Å². The van der Waals surface area contributed by atoms with Crippen molar-refractivity contribution in [3.8, 4) is 17.2 Å². The van der Waals surface area contributed by atoms with Gasteiger partial charge in [0.1, 0.15) is 19.8 Å². The van der Waals surface area contributed by atoms with Gasteiger partial charge in [-0.3, -0.25) is 4.79 Å². The minimum Gasteiger partial charge on any atom is -0.485 e. The topological polar surface area (TPSA) is 44.8 Å². The van der Waals surface area contributed by atoms with E-state index in [0.29, 0.717) is 23.9 Å². The van der Waals surface area contributed by atoms with Crippen LogP contribution in [0, 0.1) is 0 Å². The van der Waals surface area contributed by atoms with Gasteiger partial charge in [-0.15, -0.1) is 0 Å². The summed E-state index contributed by atoms with van der Waals surface area (Å²) in [5.41, 5.74) is 1.25. The zero-order valence-electron chi connectivity index (χ0n) is 13.7. The maximum Gasteiger partial charge on any atom is 0.252 e. The van der Waals surface area contributed by atoms with Gasteiger partial charge in [-0.25, -0.2) is 0 Å². The summed E-state index contributed by atoms with van der Waals surface area (Å²) in [5.74, 6) is 1.12. The second-order valence-electron chi connectivity index (χ2n) is 5.05. The Balaban J connectivity index is 2.37. The molecule has 0 radical (unpaired) electrons. The quantitative estimate of drug-likeness (QED) is 0.453. The van der Waals surface area contributed by atoms with Gasteiger partial charge >= 0.3 is 0 Å². The first-order valence-corrected chi connectivity index (χ1v) is 8.05. The average molecular weight is 359 g/mol. The molecule has 0 atom stereocenters. The maximum atomic E-state index is 11.6. The van der Waals surface area contributed by atoms with Crippen molar-refractivity contribution >= 4 is 16.8 Å². The van der Waals surface area contributed by atoms with Gasteiger partial charge in [0.05, 0.1) is 0 Å². The number of benzene rings is 2. The van der Waals surface area contributed by atoms with Gasteiger partial charge in [-0.2, -0.15) is 0 Å². The lowest BCUT2D eigenvalue weighted by molar-refractivity contribution is 0.108. The zero-order chi connectivity index (χ0) is 18.1. The fourth-order valence-corrected chi connectivity index (χ4v) is 2.18. The Morgan fingerprint density at radius 1 is 0.960 bits per heavy atom. The number of rotatable bonds is 10. The lowest BCUT2D eigenvalue weighted by atomic mass is 10.2. The first kappa shape index (κ1) is 18.6. The van der Waals surface area contributed by atoms with Crippen molar-refractivity contribution in [2.24, 2.45) is 0 Å². The van der Waals surface area contributed by atoms with Crippen LogP contribution >= 0.6 is 11.6 Å². The molecule has 0 bridgehead atoms. The van der Waals surface area contributed by atoms with Gasteiger partial charge in [-0.05, 0) is 29.3 Å². The standard InChI is InChI=1S/C20H19ClO4/c1-3-10-23-17-12-16(20(21)22)13-18(24-11-4-2)19(17)25-14-15-8-6-5-7-9-15/h3-9,12-13H,1-2,10-11,14H2. The van der Waals surface area contributed by atoms with E-state index in [-0.39, 0.29) is 18.8 Å². The molecule has 0 amide bonds. The molecule has 0 unspecified atom stereocenters. The van der Waals surface area contributed by atoms with Gasteiger partial charge in [0, 0.05) is 5.56 Å². The fraction of sp³-hybridized carbons (Fsp3) is 0.150. The first-order valence-electron chi connectivity index (χ1n) is 7.67. The van der Waals surface area contributed by atoms with Crippen molar-refractivity contribution < 1.29 is 19.0 Å². The highest BCUT2D eigenvalue weighted by Crippen LogP contribution is 2.40. The third-order valence-electron chi connectivity index (χ3n) is 3.19. The van der Waals surface area contributed by atoms with E-state index >= 15 is 0 Å². The highest BCUT2D eigenvalue weighted by molar-refractivity contribution is 6.67. The van der Waals surface area contributed by atoms with Crippen LogP contribution in [0.3, 0.4) is 0 Å². The van der Waals surface area contributed by atoms with Crippen LogP contribution in [0.15, 0.2) is 67.8 Å². The number of hydrogen-bond donors (Lipinski definition) is 0. The third-order valence-corrected chi connectivity index (χ3v) is 3.41. The van der Waals surface area contributed by atoms with Gasteiger partial charge in [0.25, 0.3) is 5.24 Å². The molecule has 0 aliphatic carbocycles. The molecule has 25 heavy (non-hydrogen) atoms. The molecule has 2 rings (SSSR count). The molecule has 2 aromatic rings. The first-order chi connectivity index (χ1) is 12.2. The number of carbonyl (C=O) groups excluding carboxylic acids is 1. The molecule has 0 heterocycles. The largest absolute Gasteiger partial charge is 0.485 e. The van der Waals surface area contributed by atoms with E-state index in [2.05, 4.69) is 13.2 Å². The summed E-state index contributed by atoms with van der Waals surface area (Å²) < 4.78 is 17.2. The summed E-state index contributed by atoms with van der Waals surface area (Å²) in [6, 6.07) is 12.7. The predicted octanol–water partition coefficient (Wildman–Crippen LogP) is 4.77. The van der Waals surface area contributed by atoms with Crippen molar-refractivity contribution in [2.75, 3.05) is 13.2 Å². The normalized spacial score (nSPS) is 9.96. The van der Waals surface area contributed by atoms with Crippen LogP contribution in [0.4, 0.5) is 0 Å². The van der Waals surface area contributed by atoms with Crippen LogP contribution in [0.1, 0.15) is 15.9 Å². The number of halogens is 1. The van der Waals surface area contributed by atoms with Crippen molar-refractivity contribution in [2.45, 2.75) is 6.61 Å². The van der Waals surface area contributed by atoms with Crippen molar-refractivity contribution in [3.63, 3.8) is 0 Å². The molecule has 0 aliphatic heterocycles. The molecule has 0 aromatic heterocycles. The van der Waals surface area contributed by atoms with Gasteiger partial charge in [-0.1, -0.05) is 55.6 Å². The van der Waals surface area contributed by atoms with Crippen LogP contribution in [0.5, 0.6) is 17.2 Å². The molecule has 0 aliphatic rings. The van der Waals surface area contributed by atoms with E-state index in [1.807, 2.05) is 30.3 Å². The molecule has 5 heteroatoms. The van der Waals surface area contributed by atoms with E-state index in [1.165, 1.54) is 12.1 Å². The van der Waals surface area contributed by atoms with E-state index in [9.17, 15) is 4.79 Å². The van der Waals surface area contributed by atoms with Gasteiger partial charge in [0.2, 0.25) is 5.75 Å². The summed E-state index contributed by atoms with van der Waals surface area (Å²) in [5, 5.41) is -0.610. The summed E-state index contributed by atoms with van der Waals surface area (Å²) in [4.78, 5) is 11.6. The molecular weight excluding hydrogens is 340 g/mol. The Morgan fingerprint density at radius 3 is 2.00 bits per heavy atom. The molecular formula is C20H19ClO4. The molecule has 130 valence electrons. The predicted molar refractivity (Wildman–Crippen MR) is 98.8 cm³/mol. The molecule has 4 nitrogen and oxygen atoms in total. The Hall–Kier alpha value is -2.72. The molecule has 0 fully saturated rings. The highest BCUT2D eigenvalue weighted by Gasteiger charge is 2.18. The molecule has 0 saturated heterocycles. The van der Waals surface area contributed by atoms with E-state index in [0.717, 1.165) is 5.56 Å². The molecule has 0 spiro atoms. The molecule has 0 N–H and O–H groups in total. The minimum absolute atomic E-state index is 0.253. The Morgan fingerprint density at radius 2 is 1.52 bits per heavy atom. The van der Waals surface area contributed by atoms with Crippen molar-refractivity contribution in [1.29, 1.82) is 0 Å². The lowest BCUT2D eigenvalue weighted by Gasteiger charge is -2.17. The second-order valence-corrected chi connectivity index (χ2v) is 5.39. The van der Waals surface area contributed by atoms with Crippen LogP contribution in [0.25, 0.3) is 0 Å². The maximum absolute atomic E-state index is 11.6. The summed E-state index contributed by atoms with van der Waals surface area (Å²) in [6.45, 7) is 8.08. The highest BCUT2D eigenvalue weighted by atomic mass is 35.5. The molecule has 2 aromatic carbocycles. The summed E-state index contributed by atoms with van der Waals surface area (Å²) in [7, 11) is 0. The number of hydrogen-bond acceptors (Lipinski definition) is 4. The van der Waals surface area contributed by atoms with Crippen LogP contribution in [-0.2, 0) is 6.61 Å². The number of ether oxygens (including phenoxy) is 3. The third kappa shape index (κ3) is 5.40. The smallest absolute Gasteiger partial charge is 0.252 e. The minimum atomic E-state index is -0.610. The Bertz CT molecular complexity index is 708. The Kier molecular flexibility index (Phi) is 7.11. The van der Waals surface area contributed by atoms with Gasteiger partial charge < -0.3 is 14.2 Å². The second kappa shape index (κ2) is 9.55. The van der Waals surface area contributed by atoms with E-state index < -0.39 is 5.24 Å². The monoisotopic (exact) mass is 358 g/mol. The Labute approximate surface area is 152 Å². The van der Waals surface area contributed by atoms with E-state index in [1.54, 1.807) is 12.2 Å². The number of carbonyl (C=O) groups is 1. The SMILES string of the molecule is C=CCOc1cc(C(=O)Cl)cc(OCC=C)c1OCc1ccccc1. The fourth-order valence-electron chi connectivity index (χ4n) is 2.07. The zero-order valence-corrected chi connectivity index (χ0v) is 14.5. The van der Waals surface area contributed by atoms with Crippen LogP contribution < -0.4 is 14.2 Å². The average Bonchev–Trinajstić information content (AvgIpc) is 2.63. The van der Waals surface area contributed by atoms with Gasteiger partial charge in [0.15, 0.2) is 11.5 Å². The van der Waals surface area contributed by atoms with Crippen LogP contribution in [-0.4, -0.2) is 18.5 Å². The lowest BCUT2D eigenvalue weighted by Crippen LogP contribution is -2.05. The van der Waals surface area contributed by atoms with Crippen molar-refractivity contribution in [3.05, 3.63) is 78.9 Å². The van der Waals surface area contributed by atoms with Crippen molar-refractivity contribution in [1.82, 2.24) is 0 Å². The van der Waals surface area contributed by atoms with E-state index in [4.69, 9.17) is 25.8 Å². The summed E-state index contributed by atoms with van der Waals surface area (Å²) in [6.07, 6.45) is 3.20.